The smallest absolute Gasteiger partial charge is 0.222 e. The number of carbonyl (C=O) groups is 1. The van der Waals surface area contributed by atoms with Gasteiger partial charge in [-0.3, -0.25) is 9.48 Å². The third-order valence-electron chi connectivity index (χ3n) is 4.11. The maximum absolute atomic E-state index is 11.1. The number of rotatable bonds is 3. The van der Waals surface area contributed by atoms with Crippen LogP contribution in [0.25, 0.3) is 11.0 Å². The monoisotopic (exact) mass is 311 g/mol. The van der Waals surface area contributed by atoms with Crippen LogP contribution < -0.4 is 10.2 Å². The summed E-state index contributed by atoms with van der Waals surface area (Å²) in [6, 6.07) is 5.91. The molecule has 0 aliphatic carbocycles. The fourth-order valence-electron chi connectivity index (χ4n) is 3.07. The van der Waals surface area contributed by atoms with E-state index in [9.17, 15) is 4.79 Å². The highest BCUT2D eigenvalue weighted by Crippen LogP contribution is 2.31. The molecule has 1 fully saturated rings. The quantitative estimate of drug-likeness (QED) is 0.804. The summed E-state index contributed by atoms with van der Waals surface area (Å²) in [6.45, 7) is 3.23. The normalized spacial score (nSPS) is 17.8. The van der Waals surface area contributed by atoms with Crippen LogP contribution in [0.1, 0.15) is 19.4 Å². The number of nitrogens with zero attached hydrogens (tertiary/aromatic N) is 4. The van der Waals surface area contributed by atoms with E-state index in [4.69, 9.17) is 4.42 Å². The molecule has 1 aliphatic heterocycles. The lowest BCUT2D eigenvalue weighted by molar-refractivity contribution is -0.114. The van der Waals surface area contributed by atoms with Gasteiger partial charge in [0.25, 0.3) is 0 Å². The third-order valence-corrected chi connectivity index (χ3v) is 4.11. The van der Waals surface area contributed by atoms with E-state index in [1.807, 2.05) is 29.1 Å². The summed E-state index contributed by atoms with van der Waals surface area (Å²) in [5, 5.41) is 8.17. The van der Waals surface area contributed by atoms with E-state index in [1.54, 1.807) is 12.5 Å². The minimum absolute atomic E-state index is 0.112. The maximum Gasteiger partial charge on any atom is 0.222 e. The molecular weight excluding hydrogens is 294 g/mol. The summed E-state index contributed by atoms with van der Waals surface area (Å²) in [5.74, 6) is 1.43. The molecule has 118 valence electrons. The van der Waals surface area contributed by atoms with E-state index in [2.05, 4.69) is 20.3 Å². The van der Waals surface area contributed by atoms with Crippen LogP contribution in [0.3, 0.4) is 0 Å². The van der Waals surface area contributed by atoms with E-state index < -0.39 is 0 Å². The van der Waals surface area contributed by atoms with Crippen LogP contribution in [0.4, 0.5) is 11.6 Å². The molecule has 1 N–H and O–H groups in total. The Morgan fingerprint density at radius 1 is 1.39 bits per heavy atom. The Balaban J connectivity index is 1.54. The molecule has 23 heavy (non-hydrogen) atoms. The van der Waals surface area contributed by atoms with E-state index in [0.717, 1.165) is 36.3 Å². The fraction of sp³-hybridized carbons (Fsp3) is 0.312. The van der Waals surface area contributed by atoms with E-state index in [1.165, 1.54) is 6.92 Å². The Morgan fingerprint density at radius 3 is 3.17 bits per heavy atom. The van der Waals surface area contributed by atoms with Crippen molar-refractivity contribution in [3.63, 3.8) is 0 Å². The van der Waals surface area contributed by atoms with Gasteiger partial charge in [-0.05, 0) is 18.6 Å². The van der Waals surface area contributed by atoms with Gasteiger partial charge < -0.3 is 14.6 Å². The van der Waals surface area contributed by atoms with Gasteiger partial charge in [-0.2, -0.15) is 5.10 Å². The summed E-state index contributed by atoms with van der Waals surface area (Å²) in [4.78, 5) is 17.9. The summed E-state index contributed by atoms with van der Waals surface area (Å²) in [6.07, 6.45) is 6.36. The maximum atomic E-state index is 11.1. The van der Waals surface area contributed by atoms with Crippen molar-refractivity contribution in [3.05, 3.63) is 36.9 Å². The minimum atomic E-state index is -0.112. The number of hydrogen-bond acceptors (Lipinski definition) is 5. The zero-order valence-electron chi connectivity index (χ0n) is 12.8. The highest BCUT2D eigenvalue weighted by molar-refractivity contribution is 5.88. The molecule has 0 bridgehead atoms. The van der Waals surface area contributed by atoms with Crippen LogP contribution in [0, 0.1) is 0 Å². The van der Waals surface area contributed by atoms with Crippen molar-refractivity contribution in [2.75, 3.05) is 23.3 Å². The number of hydrogen-bond donors (Lipinski definition) is 1. The largest absolute Gasteiger partial charge is 0.464 e. The van der Waals surface area contributed by atoms with Crippen LogP contribution in [0.5, 0.6) is 0 Å². The van der Waals surface area contributed by atoms with Gasteiger partial charge >= 0.3 is 0 Å². The first-order chi connectivity index (χ1) is 11.2. The van der Waals surface area contributed by atoms with Crippen LogP contribution in [0.15, 0.2) is 41.3 Å². The molecule has 3 aromatic rings. The van der Waals surface area contributed by atoms with Crippen LogP contribution in [0.2, 0.25) is 0 Å². The number of fused-ring (bicyclic) bond motifs is 1. The van der Waals surface area contributed by atoms with Crippen LogP contribution in [-0.4, -0.2) is 33.8 Å². The Labute approximate surface area is 132 Å². The molecule has 1 amide bonds. The lowest BCUT2D eigenvalue weighted by Crippen LogP contribution is -2.22. The van der Waals surface area contributed by atoms with Gasteiger partial charge in [-0.15, -0.1) is 0 Å². The molecule has 1 atom stereocenters. The number of carbonyl (C=O) groups excluding carboxylic acids is 1. The van der Waals surface area contributed by atoms with Gasteiger partial charge in [0, 0.05) is 38.5 Å². The van der Waals surface area contributed by atoms with E-state index in [0.29, 0.717) is 5.82 Å². The lowest BCUT2D eigenvalue weighted by atomic mass is 10.3. The van der Waals surface area contributed by atoms with Crippen molar-refractivity contribution in [1.82, 2.24) is 14.8 Å². The van der Waals surface area contributed by atoms with Crippen molar-refractivity contribution < 1.29 is 9.21 Å². The molecule has 1 aliphatic rings. The first kappa shape index (κ1) is 13.8. The number of aromatic nitrogens is 3. The van der Waals surface area contributed by atoms with E-state index >= 15 is 0 Å². The van der Waals surface area contributed by atoms with Gasteiger partial charge in [0.1, 0.15) is 11.4 Å². The molecule has 0 spiro atoms. The Morgan fingerprint density at radius 2 is 2.30 bits per heavy atom. The van der Waals surface area contributed by atoms with Gasteiger partial charge in [0.15, 0.2) is 5.82 Å². The summed E-state index contributed by atoms with van der Waals surface area (Å²) < 4.78 is 7.36. The molecule has 7 heteroatoms. The molecule has 0 saturated carbocycles. The highest BCUT2D eigenvalue weighted by Gasteiger charge is 2.27. The van der Waals surface area contributed by atoms with Crippen molar-refractivity contribution in [2.45, 2.75) is 19.4 Å². The molecule has 1 saturated heterocycles. The number of furan rings is 1. The SMILES string of the molecule is CC(=O)Nc1ccn(C2CCN(c3nccc4occc34)C2)n1. The first-order valence-corrected chi connectivity index (χ1v) is 7.60. The summed E-state index contributed by atoms with van der Waals surface area (Å²) in [7, 11) is 0. The molecule has 3 aromatic heterocycles. The zero-order chi connectivity index (χ0) is 15.8. The van der Waals surface area contributed by atoms with Crippen molar-refractivity contribution >= 4 is 28.5 Å². The highest BCUT2D eigenvalue weighted by atomic mass is 16.3. The predicted molar refractivity (Wildman–Crippen MR) is 86.4 cm³/mol. The average Bonchev–Trinajstić information content (AvgIpc) is 3.26. The second-order valence-corrected chi connectivity index (χ2v) is 5.72. The van der Waals surface area contributed by atoms with Gasteiger partial charge in [-0.25, -0.2) is 4.98 Å². The topological polar surface area (TPSA) is 76.2 Å². The minimum Gasteiger partial charge on any atom is -0.464 e. The van der Waals surface area contributed by atoms with E-state index in [-0.39, 0.29) is 11.9 Å². The van der Waals surface area contributed by atoms with Crippen molar-refractivity contribution in [1.29, 1.82) is 0 Å². The lowest BCUT2D eigenvalue weighted by Gasteiger charge is -2.18. The van der Waals surface area contributed by atoms with Crippen LogP contribution in [-0.2, 0) is 4.79 Å². The average molecular weight is 311 g/mol. The molecule has 4 heterocycles. The molecule has 0 aromatic carbocycles. The summed E-state index contributed by atoms with van der Waals surface area (Å²) in [5.41, 5.74) is 0.852. The predicted octanol–water partition coefficient (Wildman–Crippen LogP) is 2.43. The van der Waals surface area contributed by atoms with Crippen LogP contribution >= 0.6 is 0 Å². The standard InChI is InChI=1S/C16H17N5O2/c1-11(22)18-15-4-8-21(19-15)12-3-7-20(10-12)16-13-5-9-23-14(13)2-6-17-16/h2,4-6,8-9,12H,3,7,10H2,1H3,(H,18,19,22). The zero-order valence-corrected chi connectivity index (χ0v) is 12.8. The second kappa shape index (κ2) is 5.42. The third kappa shape index (κ3) is 2.54. The molecular formula is C16H17N5O2. The Hall–Kier alpha value is -2.83. The van der Waals surface area contributed by atoms with Crippen molar-refractivity contribution in [3.8, 4) is 0 Å². The van der Waals surface area contributed by atoms with Gasteiger partial charge in [-0.1, -0.05) is 0 Å². The molecule has 1 unspecified atom stereocenters. The second-order valence-electron chi connectivity index (χ2n) is 5.72. The Bertz CT molecular complexity index is 853. The molecule has 4 rings (SSSR count). The fourth-order valence-corrected chi connectivity index (χ4v) is 3.07. The number of pyridine rings is 1. The van der Waals surface area contributed by atoms with Crippen molar-refractivity contribution in [2.24, 2.45) is 0 Å². The summed E-state index contributed by atoms with van der Waals surface area (Å²) >= 11 is 0. The van der Waals surface area contributed by atoms with Gasteiger partial charge in [0.2, 0.25) is 5.91 Å². The first-order valence-electron chi connectivity index (χ1n) is 7.60. The molecule has 7 nitrogen and oxygen atoms in total. The number of amides is 1. The van der Waals surface area contributed by atoms with Gasteiger partial charge in [0.05, 0.1) is 17.7 Å². The number of anilines is 2. The molecule has 0 radical (unpaired) electrons. The number of nitrogens with one attached hydrogen (secondary N) is 1. The Kier molecular flexibility index (Phi) is 3.25.